The third-order valence-electron chi connectivity index (χ3n) is 2.52. The van der Waals surface area contributed by atoms with Crippen molar-refractivity contribution >= 4 is 5.91 Å². The molecule has 0 fully saturated rings. The lowest BCUT2D eigenvalue weighted by Crippen LogP contribution is -2.33. The molecule has 0 saturated heterocycles. The molecule has 0 aromatic carbocycles. The fraction of sp³-hybridized carbons (Fsp3) is 0.833. The van der Waals surface area contributed by atoms with E-state index in [0.717, 1.165) is 39.0 Å². The first-order chi connectivity index (χ1) is 7.76. The van der Waals surface area contributed by atoms with E-state index in [9.17, 15) is 4.79 Å². The van der Waals surface area contributed by atoms with E-state index in [2.05, 4.69) is 11.4 Å². The lowest BCUT2D eigenvalue weighted by molar-refractivity contribution is -0.130. The van der Waals surface area contributed by atoms with E-state index in [-0.39, 0.29) is 5.91 Å². The molecular weight excluding hydrogens is 202 g/mol. The first-order valence-electron chi connectivity index (χ1n) is 6.11. The molecule has 1 N–H and O–H groups in total. The molecule has 0 heterocycles. The number of nitrogens with one attached hydrogen (secondary N) is 1. The smallest absolute Gasteiger partial charge is 0.223 e. The molecule has 4 nitrogen and oxygen atoms in total. The summed E-state index contributed by atoms with van der Waals surface area (Å²) >= 11 is 0. The second-order valence-electron chi connectivity index (χ2n) is 3.68. The van der Waals surface area contributed by atoms with Crippen molar-refractivity contribution in [2.45, 2.75) is 39.5 Å². The van der Waals surface area contributed by atoms with Crippen molar-refractivity contribution in [2.75, 3.05) is 26.2 Å². The SMILES string of the molecule is CCN(CC)C(=O)CCNCCCCC#N. The van der Waals surface area contributed by atoms with Gasteiger partial charge in [0.15, 0.2) is 0 Å². The maximum atomic E-state index is 11.6. The quantitative estimate of drug-likeness (QED) is 0.605. The Morgan fingerprint density at radius 3 is 2.50 bits per heavy atom. The average Bonchev–Trinajstić information content (AvgIpc) is 2.29. The van der Waals surface area contributed by atoms with Gasteiger partial charge >= 0.3 is 0 Å². The molecule has 0 bridgehead atoms. The van der Waals surface area contributed by atoms with Crippen LogP contribution >= 0.6 is 0 Å². The van der Waals surface area contributed by atoms with Crippen LogP contribution in [0.1, 0.15) is 39.5 Å². The van der Waals surface area contributed by atoms with Crippen molar-refractivity contribution in [3.63, 3.8) is 0 Å². The van der Waals surface area contributed by atoms with Crippen molar-refractivity contribution < 1.29 is 4.79 Å². The Bertz CT molecular complexity index is 219. The minimum absolute atomic E-state index is 0.217. The van der Waals surface area contributed by atoms with Gasteiger partial charge in [-0.15, -0.1) is 0 Å². The maximum Gasteiger partial charge on any atom is 0.223 e. The maximum absolute atomic E-state index is 11.6. The van der Waals surface area contributed by atoms with Crippen LogP contribution in [-0.4, -0.2) is 37.0 Å². The van der Waals surface area contributed by atoms with Gasteiger partial charge in [-0.2, -0.15) is 5.26 Å². The summed E-state index contributed by atoms with van der Waals surface area (Å²) in [4.78, 5) is 13.4. The Balaban J connectivity index is 3.38. The summed E-state index contributed by atoms with van der Waals surface area (Å²) in [5.74, 6) is 0.217. The first-order valence-corrected chi connectivity index (χ1v) is 6.11. The largest absolute Gasteiger partial charge is 0.343 e. The average molecular weight is 225 g/mol. The number of carbonyl (C=O) groups is 1. The molecule has 16 heavy (non-hydrogen) atoms. The van der Waals surface area contributed by atoms with Crippen LogP contribution in [0.25, 0.3) is 0 Å². The van der Waals surface area contributed by atoms with Gasteiger partial charge in [0.2, 0.25) is 5.91 Å². The zero-order chi connectivity index (χ0) is 12.2. The van der Waals surface area contributed by atoms with Crippen molar-refractivity contribution in [1.82, 2.24) is 10.2 Å². The highest BCUT2D eigenvalue weighted by atomic mass is 16.2. The molecule has 1 amide bonds. The number of nitrogens with zero attached hydrogens (tertiary/aromatic N) is 2. The van der Waals surface area contributed by atoms with Gasteiger partial charge in [0.1, 0.15) is 0 Å². The van der Waals surface area contributed by atoms with Crippen molar-refractivity contribution in [1.29, 1.82) is 5.26 Å². The van der Waals surface area contributed by atoms with Gasteiger partial charge in [-0.25, -0.2) is 0 Å². The van der Waals surface area contributed by atoms with E-state index in [1.54, 1.807) is 0 Å². The summed E-state index contributed by atoms with van der Waals surface area (Å²) in [6, 6.07) is 2.12. The van der Waals surface area contributed by atoms with Crippen molar-refractivity contribution in [3.8, 4) is 6.07 Å². The second-order valence-corrected chi connectivity index (χ2v) is 3.68. The summed E-state index contributed by atoms with van der Waals surface area (Å²) in [6.07, 6.45) is 3.14. The van der Waals surface area contributed by atoms with Crippen LogP contribution < -0.4 is 5.32 Å². The number of hydrogen-bond acceptors (Lipinski definition) is 3. The fourth-order valence-corrected chi connectivity index (χ4v) is 1.51. The molecule has 0 radical (unpaired) electrons. The molecule has 0 aliphatic heterocycles. The van der Waals surface area contributed by atoms with Crippen molar-refractivity contribution in [3.05, 3.63) is 0 Å². The molecule has 0 atom stereocenters. The van der Waals surface area contributed by atoms with Gasteiger partial charge in [-0.05, 0) is 33.2 Å². The summed E-state index contributed by atoms with van der Waals surface area (Å²) in [7, 11) is 0. The van der Waals surface area contributed by atoms with Gasteiger partial charge in [0.25, 0.3) is 0 Å². The number of carbonyl (C=O) groups excluding carboxylic acids is 1. The van der Waals surface area contributed by atoms with E-state index >= 15 is 0 Å². The standard InChI is InChI=1S/C12H23N3O/c1-3-15(4-2)12(16)8-11-14-10-7-5-6-9-13/h14H,3-8,10-11H2,1-2H3. The van der Waals surface area contributed by atoms with Crippen LogP contribution in [0.4, 0.5) is 0 Å². The molecule has 0 aromatic heterocycles. The Kier molecular flexibility index (Phi) is 9.73. The van der Waals surface area contributed by atoms with Gasteiger partial charge in [0, 0.05) is 32.5 Å². The first kappa shape index (κ1) is 14.9. The van der Waals surface area contributed by atoms with E-state index < -0.39 is 0 Å². The summed E-state index contributed by atoms with van der Waals surface area (Å²) < 4.78 is 0. The summed E-state index contributed by atoms with van der Waals surface area (Å²) in [6.45, 7) is 7.21. The molecule has 0 saturated carbocycles. The van der Waals surface area contributed by atoms with Crippen LogP contribution in [0.3, 0.4) is 0 Å². The van der Waals surface area contributed by atoms with Crippen LogP contribution in [0.5, 0.6) is 0 Å². The molecule has 4 heteroatoms. The third-order valence-corrected chi connectivity index (χ3v) is 2.52. The second kappa shape index (κ2) is 10.4. The molecule has 92 valence electrons. The number of hydrogen-bond donors (Lipinski definition) is 1. The number of rotatable bonds is 9. The lowest BCUT2D eigenvalue weighted by atomic mass is 10.2. The van der Waals surface area contributed by atoms with Gasteiger partial charge in [-0.1, -0.05) is 0 Å². The molecule has 0 aromatic rings. The van der Waals surface area contributed by atoms with Crippen LogP contribution in [0.15, 0.2) is 0 Å². The minimum atomic E-state index is 0.217. The molecule has 0 aliphatic carbocycles. The topological polar surface area (TPSA) is 56.1 Å². The van der Waals surface area contributed by atoms with Gasteiger partial charge < -0.3 is 10.2 Å². The highest BCUT2D eigenvalue weighted by molar-refractivity contribution is 5.76. The van der Waals surface area contributed by atoms with Crippen LogP contribution in [0, 0.1) is 11.3 Å². The number of nitriles is 1. The molecular formula is C12H23N3O. The minimum Gasteiger partial charge on any atom is -0.343 e. The number of amides is 1. The Morgan fingerprint density at radius 2 is 1.94 bits per heavy atom. The predicted octanol–water partition coefficient (Wildman–Crippen LogP) is 1.53. The fourth-order valence-electron chi connectivity index (χ4n) is 1.51. The van der Waals surface area contributed by atoms with E-state index in [1.807, 2.05) is 18.7 Å². The molecule has 0 rings (SSSR count). The van der Waals surface area contributed by atoms with Gasteiger partial charge in [-0.3, -0.25) is 4.79 Å². The van der Waals surface area contributed by atoms with Crippen LogP contribution in [0.2, 0.25) is 0 Å². The molecule has 0 unspecified atom stereocenters. The van der Waals surface area contributed by atoms with E-state index in [4.69, 9.17) is 5.26 Å². The highest BCUT2D eigenvalue weighted by Gasteiger charge is 2.07. The van der Waals surface area contributed by atoms with E-state index in [1.165, 1.54) is 0 Å². The van der Waals surface area contributed by atoms with Gasteiger partial charge in [0.05, 0.1) is 6.07 Å². The highest BCUT2D eigenvalue weighted by Crippen LogP contribution is 1.94. The normalized spacial score (nSPS) is 9.81. The number of unbranched alkanes of at least 4 members (excludes halogenated alkanes) is 2. The Hall–Kier alpha value is -1.08. The zero-order valence-corrected chi connectivity index (χ0v) is 10.5. The van der Waals surface area contributed by atoms with E-state index in [0.29, 0.717) is 12.8 Å². The molecule has 0 aliphatic rings. The summed E-state index contributed by atoms with van der Waals surface area (Å²) in [5.41, 5.74) is 0. The zero-order valence-electron chi connectivity index (χ0n) is 10.5. The van der Waals surface area contributed by atoms with Crippen LogP contribution in [-0.2, 0) is 4.79 Å². The lowest BCUT2D eigenvalue weighted by Gasteiger charge is -2.18. The van der Waals surface area contributed by atoms with Crippen molar-refractivity contribution in [2.24, 2.45) is 0 Å². The molecule has 0 spiro atoms. The monoisotopic (exact) mass is 225 g/mol. The Morgan fingerprint density at radius 1 is 1.25 bits per heavy atom. The Labute approximate surface area is 98.6 Å². The third kappa shape index (κ3) is 7.24. The summed E-state index contributed by atoms with van der Waals surface area (Å²) in [5, 5.41) is 11.6. The predicted molar refractivity (Wildman–Crippen MR) is 64.9 cm³/mol.